The van der Waals surface area contributed by atoms with Crippen LogP contribution in [0.2, 0.25) is 0 Å². The van der Waals surface area contributed by atoms with Gasteiger partial charge in [0.15, 0.2) is 0 Å². The van der Waals surface area contributed by atoms with Gasteiger partial charge in [-0.3, -0.25) is 4.79 Å². The van der Waals surface area contributed by atoms with Crippen LogP contribution in [0.3, 0.4) is 0 Å². The minimum absolute atomic E-state index is 0.250. The molecule has 0 bridgehead atoms. The zero-order valence-corrected chi connectivity index (χ0v) is 15.5. The molecule has 8 heteroatoms. The van der Waals surface area contributed by atoms with E-state index in [9.17, 15) is 18.0 Å². The van der Waals surface area contributed by atoms with Gasteiger partial charge >= 0.3 is 6.18 Å². The van der Waals surface area contributed by atoms with Gasteiger partial charge in [-0.2, -0.15) is 13.2 Å². The first-order valence-electron chi connectivity index (χ1n) is 8.50. The van der Waals surface area contributed by atoms with Crippen LogP contribution in [-0.2, 0) is 6.18 Å². The molecular weight excluding hydrogens is 389 g/mol. The lowest BCUT2D eigenvalue weighted by Crippen LogP contribution is -2.29. The predicted octanol–water partition coefficient (Wildman–Crippen LogP) is 5.00. The van der Waals surface area contributed by atoms with E-state index in [0.29, 0.717) is 27.7 Å². The van der Waals surface area contributed by atoms with Gasteiger partial charge in [0, 0.05) is 11.1 Å². The van der Waals surface area contributed by atoms with Gasteiger partial charge in [-0.1, -0.05) is 30.3 Å². The highest BCUT2D eigenvalue weighted by Crippen LogP contribution is 2.34. The molecule has 0 spiro atoms. The molecule has 1 amide bonds. The fourth-order valence-corrected chi connectivity index (χ4v) is 4.01. The molecule has 144 valence electrons. The number of rotatable bonds is 3. The third-order valence-electron chi connectivity index (χ3n) is 4.47. The van der Waals surface area contributed by atoms with E-state index in [-0.39, 0.29) is 11.9 Å². The zero-order valence-electron chi connectivity index (χ0n) is 14.7. The number of amides is 1. The number of ether oxygens (including phenoxy) is 1. The molecular formula is C20H15F3N2O2S. The van der Waals surface area contributed by atoms with Gasteiger partial charge in [0.2, 0.25) is 0 Å². The van der Waals surface area contributed by atoms with Crippen molar-refractivity contribution in [2.75, 3.05) is 6.61 Å². The lowest BCUT2D eigenvalue weighted by atomic mass is 10.1. The summed E-state index contributed by atoms with van der Waals surface area (Å²) in [7, 11) is 0. The molecule has 0 unspecified atom stereocenters. The van der Waals surface area contributed by atoms with Crippen molar-refractivity contribution in [2.45, 2.75) is 19.1 Å². The quantitative estimate of drug-likeness (QED) is 0.668. The minimum Gasteiger partial charge on any atom is -0.491 e. The minimum atomic E-state index is -4.39. The Kier molecular flexibility index (Phi) is 4.58. The van der Waals surface area contributed by atoms with Crippen molar-refractivity contribution in [3.8, 4) is 16.3 Å². The largest absolute Gasteiger partial charge is 0.491 e. The monoisotopic (exact) mass is 404 g/mol. The van der Waals surface area contributed by atoms with Gasteiger partial charge in [0.05, 0.1) is 17.3 Å². The molecule has 2 aromatic carbocycles. The number of halogens is 3. The maximum atomic E-state index is 12.7. The zero-order chi connectivity index (χ0) is 19.9. The molecule has 1 aliphatic rings. The van der Waals surface area contributed by atoms with E-state index in [1.165, 1.54) is 12.1 Å². The summed E-state index contributed by atoms with van der Waals surface area (Å²) in [5.41, 5.74) is 1.27. The second-order valence-corrected chi connectivity index (χ2v) is 7.38. The number of fused-ring (bicyclic) bond motifs is 1. The Morgan fingerprint density at radius 2 is 1.89 bits per heavy atom. The highest BCUT2D eigenvalue weighted by Gasteiger charge is 2.30. The van der Waals surface area contributed by atoms with E-state index >= 15 is 0 Å². The van der Waals surface area contributed by atoms with Crippen LogP contribution in [0, 0.1) is 6.92 Å². The van der Waals surface area contributed by atoms with Gasteiger partial charge in [0.25, 0.3) is 5.91 Å². The highest BCUT2D eigenvalue weighted by atomic mass is 32.1. The summed E-state index contributed by atoms with van der Waals surface area (Å²) in [5, 5.41) is 3.44. The van der Waals surface area contributed by atoms with Gasteiger partial charge in [-0.05, 0) is 25.1 Å². The third kappa shape index (κ3) is 3.47. The van der Waals surface area contributed by atoms with E-state index in [4.69, 9.17) is 4.74 Å². The standard InChI is InChI=1S/C20H15F3N2O2S/c1-11-17(18(26)25-15-10-27-16-5-3-2-4-14(15)16)28-19(24-11)12-6-8-13(9-7-12)20(21,22)23/h2-9,15H,10H2,1H3,(H,25,26)/t15-/m0/s1. The number of aromatic nitrogens is 1. The second kappa shape index (κ2) is 6.94. The summed E-state index contributed by atoms with van der Waals surface area (Å²) >= 11 is 1.15. The lowest BCUT2D eigenvalue weighted by molar-refractivity contribution is -0.137. The van der Waals surface area contributed by atoms with Crippen LogP contribution in [0.4, 0.5) is 13.2 Å². The molecule has 4 rings (SSSR count). The third-order valence-corrected chi connectivity index (χ3v) is 5.67. The number of benzene rings is 2. The molecule has 0 radical (unpaired) electrons. The number of nitrogens with zero attached hydrogens (tertiary/aromatic N) is 1. The number of para-hydroxylation sites is 1. The van der Waals surface area contributed by atoms with Crippen LogP contribution in [0.5, 0.6) is 5.75 Å². The molecule has 0 aliphatic carbocycles. The van der Waals surface area contributed by atoms with Crippen molar-refractivity contribution in [2.24, 2.45) is 0 Å². The number of nitrogens with one attached hydrogen (secondary N) is 1. The lowest BCUT2D eigenvalue weighted by Gasteiger charge is -2.10. The van der Waals surface area contributed by atoms with Crippen LogP contribution in [-0.4, -0.2) is 17.5 Å². The highest BCUT2D eigenvalue weighted by molar-refractivity contribution is 7.17. The normalized spacial score (nSPS) is 15.8. The predicted molar refractivity (Wildman–Crippen MR) is 99.4 cm³/mol. The Morgan fingerprint density at radius 3 is 2.61 bits per heavy atom. The van der Waals surface area contributed by atoms with Crippen molar-refractivity contribution in [1.29, 1.82) is 0 Å². The summed E-state index contributed by atoms with van der Waals surface area (Å²) in [6.45, 7) is 2.06. The van der Waals surface area contributed by atoms with E-state index < -0.39 is 11.7 Å². The van der Waals surface area contributed by atoms with Crippen molar-refractivity contribution >= 4 is 17.2 Å². The van der Waals surface area contributed by atoms with E-state index in [1.54, 1.807) is 6.92 Å². The molecule has 0 saturated carbocycles. The van der Waals surface area contributed by atoms with E-state index in [2.05, 4.69) is 10.3 Å². The molecule has 28 heavy (non-hydrogen) atoms. The molecule has 3 aromatic rings. The topological polar surface area (TPSA) is 51.2 Å². The van der Waals surface area contributed by atoms with Crippen LogP contribution < -0.4 is 10.1 Å². The van der Waals surface area contributed by atoms with Gasteiger partial charge < -0.3 is 10.1 Å². The molecule has 4 nitrogen and oxygen atoms in total. The van der Waals surface area contributed by atoms with E-state index in [1.807, 2.05) is 24.3 Å². The Hall–Kier alpha value is -2.87. The second-order valence-electron chi connectivity index (χ2n) is 6.38. The first-order valence-corrected chi connectivity index (χ1v) is 9.32. The number of hydrogen-bond donors (Lipinski definition) is 1. The molecule has 0 saturated heterocycles. The molecule has 0 fully saturated rings. The smallest absolute Gasteiger partial charge is 0.416 e. The Morgan fingerprint density at radius 1 is 1.18 bits per heavy atom. The van der Waals surface area contributed by atoms with Gasteiger partial charge in [-0.25, -0.2) is 4.98 Å². The molecule has 1 aromatic heterocycles. The first kappa shape index (κ1) is 18.5. The maximum absolute atomic E-state index is 12.7. The molecule has 2 heterocycles. The fraction of sp³-hybridized carbons (Fsp3) is 0.200. The van der Waals surface area contributed by atoms with Crippen molar-refractivity contribution in [3.05, 3.63) is 70.2 Å². The SMILES string of the molecule is Cc1nc(-c2ccc(C(F)(F)F)cc2)sc1C(=O)N[C@H]1COc2ccccc21. The van der Waals surface area contributed by atoms with Crippen LogP contribution in [0.1, 0.15) is 32.5 Å². The summed E-state index contributed by atoms with van der Waals surface area (Å²) in [4.78, 5) is 17.5. The number of alkyl halides is 3. The maximum Gasteiger partial charge on any atom is 0.416 e. The number of hydrogen-bond acceptors (Lipinski definition) is 4. The Labute approximate surface area is 163 Å². The van der Waals surface area contributed by atoms with Gasteiger partial charge in [0.1, 0.15) is 22.2 Å². The van der Waals surface area contributed by atoms with Crippen molar-refractivity contribution in [3.63, 3.8) is 0 Å². The first-order chi connectivity index (χ1) is 13.3. The van der Waals surface area contributed by atoms with Crippen molar-refractivity contribution in [1.82, 2.24) is 10.3 Å². The Bertz CT molecular complexity index is 1030. The molecule has 1 N–H and O–H groups in total. The molecule has 1 atom stereocenters. The summed E-state index contributed by atoms with van der Waals surface area (Å²) in [6.07, 6.45) is -4.39. The van der Waals surface area contributed by atoms with Crippen molar-refractivity contribution < 1.29 is 22.7 Å². The molecule has 1 aliphatic heterocycles. The number of carbonyl (C=O) groups excluding carboxylic acids is 1. The van der Waals surface area contributed by atoms with E-state index in [0.717, 1.165) is 34.8 Å². The summed E-state index contributed by atoms with van der Waals surface area (Å²) in [6, 6.07) is 12.0. The average molecular weight is 404 g/mol. The fourth-order valence-electron chi connectivity index (χ4n) is 3.04. The van der Waals surface area contributed by atoms with Gasteiger partial charge in [-0.15, -0.1) is 11.3 Å². The number of aryl methyl sites for hydroxylation is 1. The summed E-state index contributed by atoms with van der Waals surface area (Å²) < 4.78 is 43.7. The summed E-state index contributed by atoms with van der Waals surface area (Å²) in [5.74, 6) is 0.470. The number of carbonyl (C=O) groups is 1. The number of thiazole rings is 1. The van der Waals surface area contributed by atoms with Crippen LogP contribution >= 0.6 is 11.3 Å². The van der Waals surface area contributed by atoms with Crippen LogP contribution in [0.15, 0.2) is 48.5 Å². The van der Waals surface area contributed by atoms with Crippen LogP contribution in [0.25, 0.3) is 10.6 Å². The Balaban J connectivity index is 1.54. The average Bonchev–Trinajstić information content (AvgIpc) is 3.25.